The maximum absolute atomic E-state index is 13.1. The second-order valence-electron chi connectivity index (χ2n) is 4.40. The van der Waals surface area contributed by atoms with Gasteiger partial charge in [0.15, 0.2) is 0 Å². The van der Waals surface area contributed by atoms with Gasteiger partial charge in [0.25, 0.3) is 0 Å². The van der Waals surface area contributed by atoms with Gasteiger partial charge in [-0.2, -0.15) is 13.2 Å². The van der Waals surface area contributed by atoms with Gasteiger partial charge in [-0.15, -0.1) is 0 Å². The first-order valence-electron chi connectivity index (χ1n) is 5.82. The van der Waals surface area contributed by atoms with Gasteiger partial charge in [-0.05, 0) is 24.3 Å². The van der Waals surface area contributed by atoms with Gasteiger partial charge in [-0.25, -0.2) is 4.39 Å². The molecule has 1 aromatic heterocycles. The molecule has 1 unspecified atom stereocenters. The van der Waals surface area contributed by atoms with Crippen LogP contribution in [0.3, 0.4) is 0 Å². The fraction of sp³-hybridized carbons (Fsp3) is 0.143. The maximum atomic E-state index is 13.1. The van der Waals surface area contributed by atoms with E-state index in [4.69, 9.17) is 0 Å². The van der Waals surface area contributed by atoms with Gasteiger partial charge in [0.1, 0.15) is 11.9 Å². The Morgan fingerprint density at radius 2 is 1.85 bits per heavy atom. The fourth-order valence-electron chi connectivity index (χ4n) is 1.92. The lowest BCUT2D eigenvalue weighted by Crippen LogP contribution is -2.06. The van der Waals surface area contributed by atoms with Crippen LogP contribution in [0.1, 0.15) is 22.9 Å². The van der Waals surface area contributed by atoms with Crippen LogP contribution < -0.4 is 0 Å². The van der Waals surface area contributed by atoms with E-state index in [2.05, 4.69) is 9.98 Å². The molecule has 2 heterocycles. The molecule has 0 radical (unpaired) electrons. The van der Waals surface area contributed by atoms with E-state index in [1.54, 1.807) is 12.1 Å². The summed E-state index contributed by atoms with van der Waals surface area (Å²) in [7, 11) is 0. The molecule has 1 atom stereocenters. The minimum atomic E-state index is -4.40. The Morgan fingerprint density at radius 3 is 2.45 bits per heavy atom. The van der Waals surface area contributed by atoms with Gasteiger partial charge < -0.3 is 0 Å². The SMILES string of the molecule is Fc1cccc(C2=NC2c2ccc(C(F)(F)F)cn2)c1. The first kappa shape index (κ1) is 12.8. The van der Waals surface area contributed by atoms with Crippen LogP contribution in [-0.4, -0.2) is 10.7 Å². The summed E-state index contributed by atoms with van der Waals surface area (Å²) in [4.78, 5) is 7.91. The topological polar surface area (TPSA) is 25.2 Å². The third kappa shape index (κ3) is 2.41. The summed E-state index contributed by atoms with van der Waals surface area (Å²) in [6, 6.07) is 7.80. The summed E-state index contributed by atoms with van der Waals surface area (Å²) < 4.78 is 50.3. The van der Waals surface area contributed by atoms with Crippen LogP contribution in [0.25, 0.3) is 0 Å². The number of pyridine rings is 1. The van der Waals surface area contributed by atoms with E-state index in [0.29, 0.717) is 17.0 Å². The zero-order valence-corrected chi connectivity index (χ0v) is 10.0. The normalized spacial score (nSPS) is 17.8. The molecule has 0 amide bonds. The molecular formula is C14H8F4N2. The predicted molar refractivity (Wildman–Crippen MR) is 64.9 cm³/mol. The number of hydrogen-bond donors (Lipinski definition) is 0. The average molecular weight is 280 g/mol. The van der Waals surface area contributed by atoms with Crippen molar-refractivity contribution in [3.05, 3.63) is 65.2 Å². The lowest BCUT2D eigenvalue weighted by atomic mass is 10.1. The molecule has 2 aromatic rings. The molecule has 6 heteroatoms. The molecule has 0 fully saturated rings. The standard InChI is InChI=1S/C14H8F4N2/c15-10-3-1-2-8(6-10)12-13(20-12)11-5-4-9(7-19-11)14(16,17)18/h1-7,13H. The number of nitrogens with zero attached hydrogens (tertiary/aromatic N) is 2. The number of halogens is 4. The van der Waals surface area contributed by atoms with Crippen molar-refractivity contribution in [3.63, 3.8) is 0 Å². The Balaban J connectivity index is 1.77. The number of alkyl halides is 3. The minimum Gasteiger partial charge on any atom is -0.270 e. The molecule has 3 rings (SSSR count). The highest BCUT2D eigenvalue weighted by Gasteiger charge is 2.34. The van der Waals surface area contributed by atoms with Crippen LogP contribution in [0.2, 0.25) is 0 Å². The van der Waals surface area contributed by atoms with Gasteiger partial charge in [0, 0.05) is 11.8 Å². The molecule has 1 aliphatic heterocycles. The maximum Gasteiger partial charge on any atom is 0.417 e. The van der Waals surface area contributed by atoms with Crippen LogP contribution >= 0.6 is 0 Å². The highest BCUT2D eigenvalue weighted by atomic mass is 19.4. The molecule has 102 valence electrons. The average Bonchev–Trinajstić information content (AvgIpc) is 3.18. The summed E-state index contributed by atoms with van der Waals surface area (Å²) in [5.41, 5.74) is 0.889. The van der Waals surface area contributed by atoms with Crippen molar-refractivity contribution in [3.8, 4) is 0 Å². The number of hydrogen-bond acceptors (Lipinski definition) is 2. The van der Waals surface area contributed by atoms with Crippen LogP contribution in [0.15, 0.2) is 47.6 Å². The number of aliphatic imine (C=N–C) groups is 1. The monoisotopic (exact) mass is 280 g/mol. The summed E-state index contributed by atoms with van der Waals surface area (Å²) >= 11 is 0. The first-order valence-corrected chi connectivity index (χ1v) is 5.82. The number of benzene rings is 1. The molecule has 0 saturated heterocycles. The van der Waals surface area contributed by atoms with Gasteiger partial charge >= 0.3 is 6.18 Å². The summed E-state index contributed by atoms with van der Waals surface area (Å²) in [6.07, 6.45) is -3.62. The van der Waals surface area contributed by atoms with Crippen molar-refractivity contribution in [2.24, 2.45) is 4.99 Å². The zero-order valence-electron chi connectivity index (χ0n) is 10.0. The van der Waals surface area contributed by atoms with E-state index < -0.39 is 11.7 Å². The molecule has 1 aromatic carbocycles. The van der Waals surface area contributed by atoms with E-state index in [-0.39, 0.29) is 11.9 Å². The van der Waals surface area contributed by atoms with Crippen molar-refractivity contribution in [1.82, 2.24) is 4.98 Å². The van der Waals surface area contributed by atoms with Crippen molar-refractivity contribution in [1.29, 1.82) is 0 Å². The molecule has 0 N–H and O–H groups in total. The second-order valence-corrected chi connectivity index (χ2v) is 4.40. The van der Waals surface area contributed by atoms with Crippen molar-refractivity contribution < 1.29 is 17.6 Å². The first-order chi connectivity index (χ1) is 9.45. The lowest BCUT2D eigenvalue weighted by Gasteiger charge is -2.06. The highest BCUT2D eigenvalue weighted by Crippen LogP contribution is 2.35. The van der Waals surface area contributed by atoms with E-state index in [9.17, 15) is 17.6 Å². The van der Waals surface area contributed by atoms with Gasteiger partial charge in [-0.1, -0.05) is 12.1 Å². The van der Waals surface area contributed by atoms with E-state index in [1.807, 2.05) is 0 Å². The van der Waals surface area contributed by atoms with Gasteiger partial charge in [0.2, 0.25) is 0 Å². The fourth-order valence-corrected chi connectivity index (χ4v) is 1.92. The van der Waals surface area contributed by atoms with Crippen molar-refractivity contribution in [2.75, 3.05) is 0 Å². The van der Waals surface area contributed by atoms with E-state index in [0.717, 1.165) is 12.3 Å². The summed E-state index contributed by atoms with van der Waals surface area (Å²) in [6.45, 7) is 0. The quantitative estimate of drug-likeness (QED) is 0.768. The largest absolute Gasteiger partial charge is 0.417 e. The minimum absolute atomic E-state index is 0.376. The Labute approximate surface area is 111 Å². The van der Waals surface area contributed by atoms with Crippen LogP contribution in [0.4, 0.5) is 17.6 Å². The van der Waals surface area contributed by atoms with Crippen LogP contribution in [0, 0.1) is 5.82 Å². The smallest absolute Gasteiger partial charge is 0.270 e. The molecule has 0 bridgehead atoms. The Hall–Kier alpha value is -2.24. The number of aromatic nitrogens is 1. The molecule has 0 saturated carbocycles. The lowest BCUT2D eigenvalue weighted by molar-refractivity contribution is -0.137. The predicted octanol–water partition coefficient (Wildman–Crippen LogP) is 3.78. The van der Waals surface area contributed by atoms with E-state index in [1.165, 1.54) is 18.2 Å². The Morgan fingerprint density at radius 1 is 1.05 bits per heavy atom. The van der Waals surface area contributed by atoms with Gasteiger partial charge in [-0.3, -0.25) is 9.98 Å². The third-order valence-electron chi connectivity index (χ3n) is 2.97. The molecule has 1 aliphatic rings. The van der Waals surface area contributed by atoms with Crippen LogP contribution in [-0.2, 0) is 6.18 Å². The second kappa shape index (κ2) is 4.40. The molecule has 2 nitrogen and oxygen atoms in total. The van der Waals surface area contributed by atoms with Crippen molar-refractivity contribution >= 4 is 5.71 Å². The molecule has 20 heavy (non-hydrogen) atoms. The summed E-state index contributed by atoms with van der Waals surface area (Å²) in [5.74, 6) is -0.378. The van der Waals surface area contributed by atoms with Gasteiger partial charge in [0.05, 0.1) is 17.0 Å². The molecular weight excluding hydrogens is 272 g/mol. The zero-order chi connectivity index (χ0) is 14.3. The van der Waals surface area contributed by atoms with Crippen LogP contribution in [0.5, 0.6) is 0 Å². The Bertz CT molecular complexity index is 674. The summed E-state index contributed by atoms with van der Waals surface area (Å²) in [5, 5.41) is 0. The van der Waals surface area contributed by atoms with Crippen molar-refractivity contribution in [2.45, 2.75) is 12.2 Å². The highest BCUT2D eigenvalue weighted by molar-refractivity contribution is 6.13. The van der Waals surface area contributed by atoms with E-state index >= 15 is 0 Å². The molecule has 0 spiro atoms. The Kier molecular flexibility index (Phi) is 2.81. The molecule has 0 aliphatic carbocycles. The number of rotatable bonds is 2. The third-order valence-corrected chi connectivity index (χ3v) is 2.97.